The second-order valence-corrected chi connectivity index (χ2v) is 6.07. The van der Waals surface area contributed by atoms with E-state index in [4.69, 9.17) is 9.15 Å². The van der Waals surface area contributed by atoms with Crippen LogP contribution in [0.5, 0.6) is 0 Å². The summed E-state index contributed by atoms with van der Waals surface area (Å²) in [6.45, 7) is 4.41. The molecule has 2 N–H and O–H groups in total. The maximum Gasteiger partial charge on any atom is 0.191 e. The maximum atomic E-state index is 5.88. The predicted octanol–water partition coefficient (Wildman–Crippen LogP) is 3.70. The number of nitrogens with zero attached hydrogens (tertiary/aromatic N) is 1. The van der Waals surface area contributed by atoms with E-state index in [1.165, 1.54) is 12.8 Å². The molecule has 1 aliphatic rings. The lowest BCUT2D eigenvalue weighted by molar-refractivity contribution is 0.129. The third-order valence-corrected chi connectivity index (χ3v) is 4.04. The predicted molar refractivity (Wildman–Crippen MR) is 108 cm³/mol. The standard InChI is InChI=1S/C18H25N3O2.HI/c1-13(17-11-15-5-3-4-6-16(15)23-17)21-18(19-2)20-9-10-22-12-14-7-8-14;/h3-6,11,13-14H,7-10,12H2,1-2H3,(H2,19,20,21);1H. The molecule has 1 saturated carbocycles. The van der Waals surface area contributed by atoms with Crippen LogP contribution in [0.25, 0.3) is 11.0 Å². The maximum absolute atomic E-state index is 5.88. The van der Waals surface area contributed by atoms with Gasteiger partial charge in [0.05, 0.1) is 12.6 Å². The lowest BCUT2D eigenvalue weighted by atomic mass is 10.2. The van der Waals surface area contributed by atoms with Crippen LogP contribution in [0.1, 0.15) is 31.6 Å². The van der Waals surface area contributed by atoms with Gasteiger partial charge in [-0.15, -0.1) is 24.0 Å². The lowest BCUT2D eigenvalue weighted by Crippen LogP contribution is -2.40. The summed E-state index contributed by atoms with van der Waals surface area (Å²) < 4.78 is 11.5. The molecule has 1 aromatic carbocycles. The Labute approximate surface area is 160 Å². The highest BCUT2D eigenvalue weighted by Gasteiger charge is 2.20. The van der Waals surface area contributed by atoms with E-state index in [1.807, 2.05) is 18.2 Å². The summed E-state index contributed by atoms with van der Waals surface area (Å²) in [5.41, 5.74) is 0.910. The molecule has 2 aromatic rings. The summed E-state index contributed by atoms with van der Waals surface area (Å²) in [5, 5.41) is 7.73. The van der Waals surface area contributed by atoms with E-state index in [2.05, 4.69) is 34.7 Å². The van der Waals surface area contributed by atoms with E-state index in [0.29, 0.717) is 6.61 Å². The molecule has 0 amide bonds. The first-order valence-electron chi connectivity index (χ1n) is 8.29. The minimum absolute atomic E-state index is 0. The third-order valence-electron chi connectivity index (χ3n) is 4.04. The van der Waals surface area contributed by atoms with Crippen LogP contribution in [0.3, 0.4) is 0 Å². The summed E-state index contributed by atoms with van der Waals surface area (Å²) in [6.07, 6.45) is 2.65. The molecule has 24 heavy (non-hydrogen) atoms. The number of benzene rings is 1. The third kappa shape index (κ3) is 5.37. The summed E-state index contributed by atoms with van der Waals surface area (Å²) in [5.74, 6) is 2.47. The summed E-state index contributed by atoms with van der Waals surface area (Å²) >= 11 is 0. The molecule has 3 rings (SSSR count). The number of para-hydroxylation sites is 1. The molecule has 6 heteroatoms. The van der Waals surface area contributed by atoms with Gasteiger partial charge in [0.25, 0.3) is 0 Å². The van der Waals surface area contributed by atoms with Gasteiger partial charge in [0.2, 0.25) is 0 Å². The first-order chi connectivity index (χ1) is 11.3. The van der Waals surface area contributed by atoms with E-state index in [1.54, 1.807) is 7.05 Å². The van der Waals surface area contributed by atoms with Crippen molar-refractivity contribution in [3.05, 3.63) is 36.1 Å². The van der Waals surface area contributed by atoms with E-state index in [9.17, 15) is 0 Å². The molecule has 1 fully saturated rings. The highest BCUT2D eigenvalue weighted by molar-refractivity contribution is 14.0. The van der Waals surface area contributed by atoms with Crippen molar-refractivity contribution in [3.63, 3.8) is 0 Å². The summed E-state index contributed by atoms with van der Waals surface area (Å²) in [4.78, 5) is 4.25. The van der Waals surface area contributed by atoms with Crippen LogP contribution in [0.2, 0.25) is 0 Å². The Balaban J connectivity index is 0.00000208. The highest BCUT2D eigenvalue weighted by atomic mass is 127. The molecule has 1 atom stereocenters. The molecular formula is C18H26IN3O2. The number of nitrogens with one attached hydrogen (secondary N) is 2. The smallest absolute Gasteiger partial charge is 0.191 e. The molecule has 132 valence electrons. The van der Waals surface area contributed by atoms with Crippen molar-refractivity contribution < 1.29 is 9.15 Å². The van der Waals surface area contributed by atoms with E-state index in [-0.39, 0.29) is 30.0 Å². The molecule has 0 radical (unpaired) electrons. The average molecular weight is 443 g/mol. The molecule has 1 heterocycles. The summed E-state index contributed by atoms with van der Waals surface area (Å²) in [7, 11) is 1.77. The molecule has 5 nitrogen and oxygen atoms in total. The van der Waals surface area contributed by atoms with Gasteiger partial charge in [-0.05, 0) is 37.8 Å². The number of hydrogen-bond acceptors (Lipinski definition) is 3. The normalized spacial score (nSPS) is 15.8. The van der Waals surface area contributed by atoms with Crippen LogP contribution >= 0.6 is 24.0 Å². The molecule has 0 spiro atoms. The van der Waals surface area contributed by atoms with Gasteiger partial charge in [-0.1, -0.05) is 18.2 Å². The topological polar surface area (TPSA) is 58.8 Å². The number of guanidine groups is 1. The van der Waals surface area contributed by atoms with E-state index < -0.39 is 0 Å². The first-order valence-corrected chi connectivity index (χ1v) is 8.29. The van der Waals surface area contributed by atoms with Gasteiger partial charge < -0.3 is 19.8 Å². The van der Waals surface area contributed by atoms with Gasteiger partial charge in [0, 0.05) is 25.6 Å². The van der Waals surface area contributed by atoms with Gasteiger partial charge in [-0.3, -0.25) is 4.99 Å². The lowest BCUT2D eigenvalue weighted by Gasteiger charge is -2.16. The van der Waals surface area contributed by atoms with Crippen molar-refractivity contribution in [2.75, 3.05) is 26.8 Å². The SMILES string of the molecule is CN=C(NCCOCC1CC1)NC(C)c1cc2ccccc2o1.I. The van der Waals surface area contributed by atoms with Gasteiger partial charge >= 0.3 is 0 Å². The molecule has 1 aromatic heterocycles. The fourth-order valence-corrected chi connectivity index (χ4v) is 2.46. The number of ether oxygens (including phenoxy) is 1. The molecule has 1 aliphatic carbocycles. The van der Waals surface area contributed by atoms with E-state index in [0.717, 1.165) is 41.8 Å². The fraction of sp³-hybridized carbons (Fsp3) is 0.500. The largest absolute Gasteiger partial charge is 0.459 e. The zero-order valence-corrected chi connectivity index (χ0v) is 16.6. The number of aliphatic imine (C=N–C) groups is 1. The second-order valence-electron chi connectivity index (χ2n) is 6.07. The fourth-order valence-electron chi connectivity index (χ4n) is 2.46. The van der Waals surface area contributed by atoms with Gasteiger partial charge in [-0.25, -0.2) is 0 Å². The Morgan fingerprint density at radius 3 is 2.88 bits per heavy atom. The van der Waals surface area contributed by atoms with Crippen molar-refractivity contribution in [3.8, 4) is 0 Å². The zero-order valence-electron chi connectivity index (χ0n) is 14.2. The van der Waals surface area contributed by atoms with Crippen LogP contribution in [-0.2, 0) is 4.74 Å². The molecule has 0 aliphatic heterocycles. The van der Waals surface area contributed by atoms with E-state index >= 15 is 0 Å². The number of halogens is 1. The second kappa shape index (κ2) is 9.27. The molecular weight excluding hydrogens is 417 g/mol. The Kier molecular flexibility index (Phi) is 7.36. The van der Waals surface area contributed by atoms with Crippen molar-refractivity contribution in [2.45, 2.75) is 25.8 Å². The van der Waals surface area contributed by atoms with Gasteiger partial charge in [0.1, 0.15) is 11.3 Å². The van der Waals surface area contributed by atoms with Crippen LogP contribution in [0.15, 0.2) is 39.7 Å². The number of hydrogen-bond donors (Lipinski definition) is 2. The zero-order chi connectivity index (χ0) is 16.1. The first kappa shape index (κ1) is 19.1. The number of furan rings is 1. The van der Waals surface area contributed by atoms with Crippen LogP contribution in [-0.4, -0.2) is 32.8 Å². The minimum Gasteiger partial charge on any atom is -0.459 e. The van der Waals surface area contributed by atoms with Crippen molar-refractivity contribution in [1.29, 1.82) is 0 Å². The molecule has 0 bridgehead atoms. The number of rotatable bonds is 7. The number of fused-ring (bicyclic) bond motifs is 1. The highest BCUT2D eigenvalue weighted by Crippen LogP contribution is 2.28. The van der Waals surface area contributed by atoms with Gasteiger partial charge in [-0.2, -0.15) is 0 Å². The monoisotopic (exact) mass is 443 g/mol. The van der Waals surface area contributed by atoms with Crippen LogP contribution in [0, 0.1) is 5.92 Å². The van der Waals surface area contributed by atoms with Crippen LogP contribution < -0.4 is 10.6 Å². The molecule has 0 saturated heterocycles. The van der Waals surface area contributed by atoms with Crippen molar-refractivity contribution in [2.24, 2.45) is 10.9 Å². The van der Waals surface area contributed by atoms with Crippen molar-refractivity contribution >= 4 is 40.9 Å². The Morgan fingerprint density at radius 2 is 2.17 bits per heavy atom. The quantitative estimate of drug-likeness (QED) is 0.297. The Bertz CT molecular complexity index is 634. The molecule has 1 unspecified atom stereocenters. The van der Waals surface area contributed by atoms with Crippen molar-refractivity contribution in [1.82, 2.24) is 10.6 Å². The van der Waals surface area contributed by atoms with Gasteiger partial charge in [0.15, 0.2) is 5.96 Å². The Hall–Kier alpha value is -1.28. The average Bonchev–Trinajstić information content (AvgIpc) is 3.28. The van der Waals surface area contributed by atoms with Crippen LogP contribution in [0.4, 0.5) is 0 Å². The summed E-state index contributed by atoms with van der Waals surface area (Å²) in [6, 6.07) is 10.1. The minimum atomic E-state index is 0. The Morgan fingerprint density at radius 1 is 1.38 bits per heavy atom.